The summed E-state index contributed by atoms with van der Waals surface area (Å²) >= 11 is 0. The number of rotatable bonds is 3. The Bertz CT molecular complexity index is 221. The minimum atomic E-state index is -3.98. The maximum atomic E-state index is 12.1. The van der Waals surface area contributed by atoms with Crippen molar-refractivity contribution in [3.05, 3.63) is 0 Å². The number of alkyl halides is 2. The molecule has 0 aliphatic rings. The zero-order chi connectivity index (χ0) is 9.28. The van der Waals surface area contributed by atoms with Gasteiger partial charge in [0.05, 0.1) is 6.54 Å². The van der Waals surface area contributed by atoms with Crippen LogP contribution >= 0.6 is 0 Å². The van der Waals surface area contributed by atoms with Crippen molar-refractivity contribution in [3.8, 4) is 0 Å². The largest absolute Gasteiger partial charge is 0.276 e. The molecule has 0 aromatic heterocycles. The normalized spacial score (nSPS) is 14.0. The van der Waals surface area contributed by atoms with E-state index in [-0.39, 0.29) is 0 Å². The Morgan fingerprint density at radius 2 is 1.91 bits per heavy atom. The van der Waals surface area contributed by atoms with Gasteiger partial charge in [-0.25, -0.2) is 13.9 Å². The van der Waals surface area contributed by atoms with Gasteiger partial charge < -0.3 is 0 Å². The molecule has 11 heavy (non-hydrogen) atoms. The molecule has 0 rings (SSSR count). The third kappa shape index (κ3) is 5.05. The highest BCUT2D eigenvalue weighted by Gasteiger charge is 2.27. The first-order chi connectivity index (χ1) is 4.63. The summed E-state index contributed by atoms with van der Waals surface area (Å²) in [5.74, 6) is -3.05. The Balaban J connectivity index is 4.22. The molecule has 0 heterocycles. The number of nitrogens with two attached hydrogens (primary N) is 1. The quantitative estimate of drug-likeness (QED) is 0.665. The Morgan fingerprint density at radius 3 is 2.00 bits per heavy atom. The second kappa shape index (κ2) is 3.00. The maximum absolute atomic E-state index is 12.1. The predicted molar refractivity (Wildman–Crippen MR) is 36.4 cm³/mol. The highest BCUT2D eigenvalue weighted by Crippen LogP contribution is 2.13. The molecule has 0 aliphatic heterocycles. The molecule has 2 N–H and O–H groups in total. The monoisotopic (exact) mass is 188 g/mol. The molecule has 0 aliphatic carbocycles. The fraction of sp³-hybridized carbons (Fsp3) is 1.00. The van der Waals surface area contributed by atoms with Crippen molar-refractivity contribution in [1.29, 1.82) is 0 Å². The van der Waals surface area contributed by atoms with E-state index in [0.717, 1.165) is 7.05 Å². The van der Waals surface area contributed by atoms with Crippen molar-refractivity contribution < 1.29 is 17.2 Å². The molecule has 0 saturated carbocycles. The molecule has 0 saturated heterocycles. The second-order valence-electron chi connectivity index (χ2n) is 2.37. The van der Waals surface area contributed by atoms with Gasteiger partial charge >= 0.3 is 0 Å². The molecule has 0 spiro atoms. The predicted octanol–water partition coefficient (Wildman–Crippen LogP) is -0.223. The van der Waals surface area contributed by atoms with Gasteiger partial charge in [0.25, 0.3) is 16.1 Å². The summed E-state index contributed by atoms with van der Waals surface area (Å²) < 4.78 is 45.4. The zero-order valence-electron chi connectivity index (χ0n) is 6.21. The highest BCUT2D eigenvalue weighted by molar-refractivity contribution is 7.86. The molecule has 0 bridgehead atoms. The lowest BCUT2D eigenvalue weighted by Crippen LogP contribution is -2.40. The number of nitrogens with zero attached hydrogens (tertiary/aromatic N) is 1. The summed E-state index contributed by atoms with van der Waals surface area (Å²) in [6, 6.07) is 0. The summed E-state index contributed by atoms with van der Waals surface area (Å²) in [5, 5.41) is 4.55. The van der Waals surface area contributed by atoms with Crippen molar-refractivity contribution in [3.63, 3.8) is 0 Å². The van der Waals surface area contributed by atoms with E-state index in [0.29, 0.717) is 11.2 Å². The van der Waals surface area contributed by atoms with Crippen LogP contribution in [0.4, 0.5) is 8.78 Å². The Hall–Kier alpha value is -0.270. The molecule has 0 amide bonds. The molecule has 0 radical (unpaired) electrons. The molecular formula is C4H10F2N2O2S. The van der Waals surface area contributed by atoms with Gasteiger partial charge in [0, 0.05) is 14.0 Å². The van der Waals surface area contributed by atoms with Crippen LogP contribution in [-0.2, 0) is 10.2 Å². The van der Waals surface area contributed by atoms with E-state index in [4.69, 9.17) is 0 Å². The molecule has 0 aromatic carbocycles. The molecule has 7 heteroatoms. The van der Waals surface area contributed by atoms with Gasteiger partial charge in [0.2, 0.25) is 0 Å². The Morgan fingerprint density at radius 1 is 1.55 bits per heavy atom. The molecule has 0 fully saturated rings. The summed E-state index contributed by atoms with van der Waals surface area (Å²) in [7, 11) is -2.99. The Kier molecular flexibility index (Phi) is 2.92. The van der Waals surface area contributed by atoms with E-state index >= 15 is 0 Å². The minimum absolute atomic E-state index is 0.396. The first-order valence-corrected chi connectivity index (χ1v) is 4.25. The number of hydrogen-bond donors (Lipinski definition) is 1. The van der Waals surface area contributed by atoms with Gasteiger partial charge in [-0.05, 0) is 0 Å². The van der Waals surface area contributed by atoms with E-state index in [2.05, 4.69) is 5.14 Å². The average molecular weight is 188 g/mol. The van der Waals surface area contributed by atoms with E-state index in [1.54, 1.807) is 0 Å². The van der Waals surface area contributed by atoms with Crippen LogP contribution in [0.1, 0.15) is 6.92 Å². The topological polar surface area (TPSA) is 63.4 Å². The number of halogens is 2. The van der Waals surface area contributed by atoms with Crippen LogP contribution in [0.15, 0.2) is 0 Å². The van der Waals surface area contributed by atoms with Crippen molar-refractivity contribution in [2.45, 2.75) is 12.8 Å². The molecule has 4 nitrogen and oxygen atoms in total. The highest BCUT2D eigenvalue weighted by atomic mass is 32.2. The summed E-state index contributed by atoms with van der Waals surface area (Å²) in [4.78, 5) is 0. The van der Waals surface area contributed by atoms with Crippen LogP contribution in [0.25, 0.3) is 0 Å². The molecule has 0 aromatic rings. The van der Waals surface area contributed by atoms with Gasteiger partial charge in [-0.1, -0.05) is 0 Å². The van der Waals surface area contributed by atoms with Gasteiger partial charge in [0.15, 0.2) is 0 Å². The third-order valence-electron chi connectivity index (χ3n) is 0.935. The van der Waals surface area contributed by atoms with Crippen molar-refractivity contribution >= 4 is 10.2 Å². The SMILES string of the molecule is CN(CC(C)(F)F)S(N)(=O)=O. The molecular weight excluding hydrogens is 178 g/mol. The molecule has 0 atom stereocenters. The molecule has 68 valence electrons. The van der Waals surface area contributed by atoms with Gasteiger partial charge in [0.1, 0.15) is 0 Å². The van der Waals surface area contributed by atoms with E-state index in [1.807, 2.05) is 0 Å². The summed E-state index contributed by atoms with van der Waals surface area (Å²) in [5.41, 5.74) is 0. The van der Waals surface area contributed by atoms with Gasteiger partial charge in [-0.2, -0.15) is 12.7 Å². The van der Waals surface area contributed by atoms with Crippen LogP contribution in [-0.4, -0.2) is 32.2 Å². The minimum Gasteiger partial charge on any atom is -0.216 e. The van der Waals surface area contributed by atoms with Crippen LogP contribution in [0, 0.1) is 0 Å². The zero-order valence-corrected chi connectivity index (χ0v) is 7.03. The van der Waals surface area contributed by atoms with Crippen LogP contribution in [0.2, 0.25) is 0 Å². The summed E-state index contributed by atoms with van der Waals surface area (Å²) in [6.45, 7) is -0.277. The van der Waals surface area contributed by atoms with Gasteiger partial charge in [-0.3, -0.25) is 0 Å². The maximum Gasteiger partial charge on any atom is 0.276 e. The first-order valence-electron chi connectivity index (χ1n) is 2.75. The standard InChI is InChI=1S/C4H10F2N2O2S/c1-4(5,6)3-8(2)11(7,9)10/h3H2,1-2H3,(H2,7,9,10). The smallest absolute Gasteiger partial charge is 0.216 e. The van der Waals surface area contributed by atoms with E-state index in [9.17, 15) is 17.2 Å². The Labute approximate surface area is 64.2 Å². The number of hydrogen-bond acceptors (Lipinski definition) is 2. The van der Waals surface area contributed by atoms with Crippen LogP contribution in [0.3, 0.4) is 0 Å². The van der Waals surface area contributed by atoms with Crippen LogP contribution in [0.5, 0.6) is 0 Å². The van der Waals surface area contributed by atoms with Crippen molar-refractivity contribution in [2.24, 2.45) is 5.14 Å². The van der Waals surface area contributed by atoms with Gasteiger partial charge in [-0.15, -0.1) is 0 Å². The van der Waals surface area contributed by atoms with Crippen molar-refractivity contribution in [1.82, 2.24) is 4.31 Å². The average Bonchev–Trinajstić information content (AvgIpc) is 1.56. The fourth-order valence-corrected chi connectivity index (χ4v) is 0.888. The lowest BCUT2D eigenvalue weighted by molar-refractivity contribution is 0.00825. The first kappa shape index (κ1) is 10.7. The lowest BCUT2D eigenvalue weighted by atomic mass is 10.4. The van der Waals surface area contributed by atoms with E-state index in [1.165, 1.54) is 0 Å². The van der Waals surface area contributed by atoms with E-state index < -0.39 is 22.7 Å². The molecule has 0 unspecified atom stereocenters. The van der Waals surface area contributed by atoms with Crippen molar-refractivity contribution in [2.75, 3.05) is 13.6 Å². The second-order valence-corrected chi connectivity index (χ2v) is 4.02. The fourth-order valence-electron chi connectivity index (χ4n) is 0.481. The van der Waals surface area contributed by atoms with Crippen LogP contribution < -0.4 is 5.14 Å². The third-order valence-corrected chi connectivity index (χ3v) is 1.93. The summed E-state index contributed by atoms with van der Waals surface area (Å²) in [6.07, 6.45) is 0. The lowest BCUT2D eigenvalue weighted by Gasteiger charge is -2.17.